The molecule has 1 unspecified atom stereocenters. The van der Waals surface area contributed by atoms with Crippen molar-refractivity contribution < 1.29 is 18.4 Å². The molecule has 0 saturated carbocycles. The number of allylic oxidation sites excluding steroid dienone is 3. The monoisotopic (exact) mass is 486 g/mol. The highest BCUT2D eigenvalue weighted by atomic mass is 32.1. The molecule has 9 heteroatoms. The van der Waals surface area contributed by atoms with Crippen molar-refractivity contribution in [2.24, 2.45) is 5.92 Å². The van der Waals surface area contributed by atoms with Crippen molar-refractivity contribution in [3.63, 3.8) is 0 Å². The van der Waals surface area contributed by atoms with E-state index >= 15 is 0 Å². The van der Waals surface area contributed by atoms with Crippen LogP contribution in [0.5, 0.6) is 0 Å². The number of carbonyl (C=O) groups excluding carboxylic acids is 2. The summed E-state index contributed by atoms with van der Waals surface area (Å²) in [5, 5.41) is 6.94. The van der Waals surface area contributed by atoms with Crippen LogP contribution in [-0.4, -0.2) is 35.4 Å². The van der Waals surface area contributed by atoms with E-state index in [0.717, 1.165) is 36.5 Å². The highest BCUT2D eigenvalue weighted by Crippen LogP contribution is 2.40. The summed E-state index contributed by atoms with van der Waals surface area (Å²) >= 11 is 1.37. The summed E-state index contributed by atoms with van der Waals surface area (Å²) in [6.07, 6.45) is 7.70. The number of nitrogens with zero attached hydrogens (tertiary/aromatic N) is 2. The van der Waals surface area contributed by atoms with Gasteiger partial charge < -0.3 is 10.2 Å². The fourth-order valence-electron chi connectivity index (χ4n) is 3.97. The second kappa shape index (κ2) is 10.0. The number of anilines is 2. The molecule has 180 valence electrons. The van der Waals surface area contributed by atoms with Gasteiger partial charge in [0.05, 0.1) is 5.92 Å². The van der Waals surface area contributed by atoms with Crippen LogP contribution in [0, 0.1) is 11.7 Å². The molecule has 0 spiro atoms. The van der Waals surface area contributed by atoms with E-state index < -0.39 is 17.4 Å². The molecule has 1 saturated heterocycles. The molecule has 2 heterocycles. The molecule has 4 rings (SSSR count). The molecule has 1 fully saturated rings. The second-order valence-electron chi connectivity index (χ2n) is 9.09. The Morgan fingerprint density at radius 3 is 2.47 bits per heavy atom. The molecule has 1 aliphatic heterocycles. The zero-order valence-corrected chi connectivity index (χ0v) is 20.1. The maximum atomic E-state index is 13.5. The first-order valence-corrected chi connectivity index (χ1v) is 12.2. The summed E-state index contributed by atoms with van der Waals surface area (Å²) in [7, 11) is 0. The third-order valence-corrected chi connectivity index (χ3v) is 7.02. The maximum Gasteiger partial charge on any atom is 0.251 e. The summed E-state index contributed by atoms with van der Waals surface area (Å²) < 4.78 is 26.7. The molecule has 2 N–H and O–H groups in total. The van der Waals surface area contributed by atoms with Gasteiger partial charge in [-0.15, -0.1) is 0 Å². The quantitative estimate of drug-likeness (QED) is 0.589. The molecule has 1 aromatic carbocycles. The number of nitrogens with one attached hydrogen (secondary N) is 2. The maximum absolute atomic E-state index is 13.5. The predicted molar refractivity (Wildman–Crippen MR) is 131 cm³/mol. The Hall–Kier alpha value is -3.07. The molecule has 2 aromatic rings. The Morgan fingerprint density at radius 1 is 1.12 bits per heavy atom. The molecule has 2 amide bonds. The van der Waals surface area contributed by atoms with Gasteiger partial charge in [-0.1, -0.05) is 17.4 Å². The van der Waals surface area contributed by atoms with E-state index in [9.17, 15) is 18.4 Å². The minimum absolute atomic E-state index is 0.249. The highest BCUT2D eigenvalue weighted by Gasteiger charge is 2.33. The average molecular weight is 487 g/mol. The van der Waals surface area contributed by atoms with Gasteiger partial charge in [-0.2, -0.15) is 0 Å². The topological polar surface area (TPSA) is 74.3 Å². The normalized spacial score (nSPS) is 18.4. The van der Waals surface area contributed by atoms with Crippen LogP contribution >= 0.6 is 11.3 Å². The summed E-state index contributed by atoms with van der Waals surface area (Å²) in [5.74, 6) is -1.98. The van der Waals surface area contributed by atoms with E-state index in [1.165, 1.54) is 48.1 Å². The van der Waals surface area contributed by atoms with Crippen molar-refractivity contribution in [1.29, 1.82) is 0 Å². The first-order chi connectivity index (χ1) is 16.2. The fourth-order valence-corrected chi connectivity index (χ4v) is 5.01. The number of thiazole rings is 1. The first-order valence-electron chi connectivity index (χ1n) is 11.4. The van der Waals surface area contributed by atoms with Gasteiger partial charge in [0.1, 0.15) is 27.9 Å². The van der Waals surface area contributed by atoms with Crippen molar-refractivity contribution in [3.05, 3.63) is 54.1 Å². The smallest absolute Gasteiger partial charge is 0.251 e. The van der Waals surface area contributed by atoms with Crippen LogP contribution in [0.3, 0.4) is 0 Å². The summed E-state index contributed by atoms with van der Waals surface area (Å²) in [4.78, 5) is 32.6. The minimum Gasteiger partial charge on any atom is -0.362 e. The highest BCUT2D eigenvalue weighted by molar-refractivity contribution is 7.20. The summed E-state index contributed by atoms with van der Waals surface area (Å²) in [6, 6.07) is 6.16. The Bertz CT molecular complexity index is 1120. The second-order valence-corrected chi connectivity index (χ2v) is 10.1. The largest absolute Gasteiger partial charge is 0.362 e. The van der Waals surface area contributed by atoms with E-state index in [4.69, 9.17) is 0 Å². The summed E-state index contributed by atoms with van der Waals surface area (Å²) in [5.41, 5.74) is 0.262. The molecule has 34 heavy (non-hydrogen) atoms. The van der Waals surface area contributed by atoms with Crippen LogP contribution in [0.15, 0.2) is 48.3 Å². The molecular weight excluding hydrogens is 458 g/mol. The summed E-state index contributed by atoms with van der Waals surface area (Å²) in [6.45, 7) is 5.02. The van der Waals surface area contributed by atoms with Gasteiger partial charge in [0.15, 0.2) is 5.13 Å². The first kappa shape index (κ1) is 24.1. The Morgan fingerprint density at radius 2 is 1.82 bits per heavy atom. The molecule has 6 nitrogen and oxygen atoms in total. The van der Waals surface area contributed by atoms with E-state index in [-0.39, 0.29) is 24.0 Å². The molecular formula is C25H28F2N4O2S. The number of hydrogen-bond donors (Lipinski definition) is 2. The fraction of sp³-hybridized carbons (Fsp3) is 0.400. The Kier molecular flexibility index (Phi) is 7.11. The predicted octanol–water partition coefficient (Wildman–Crippen LogP) is 5.20. The Balaban J connectivity index is 1.52. The number of carbonyl (C=O) groups is 2. The van der Waals surface area contributed by atoms with Crippen molar-refractivity contribution in [3.8, 4) is 11.3 Å². The molecule has 0 radical (unpaired) electrons. The molecule has 1 aliphatic carbocycles. The number of rotatable bonds is 6. The van der Waals surface area contributed by atoms with Gasteiger partial charge in [-0.3, -0.25) is 14.9 Å². The van der Waals surface area contributed by atoms with Crippen LogP contribution in [0.1, 0.15) is 39.5 Å². The third kappa shape index (κ3) is 5.52. The van der Waals surface area contributed by atoms with Gasteiger partial charge in [0, 0.05) is 18.7 Å². The number of amides is 2. The third-order valence-electron chi connectivity index (χ3n) is 5.99. The van der Waals surface area contributed by atoms with Crippen molar-refractivity contribution in [1.82, 2.24) is 10.3 Å². The lowest BCUT2D eigenvalue weighted by Gasteiger charge is -2.28. The van der Waals surface area contributed by atoms with Gasteiger partial charge in [-0.05, 0) is 75.9 Å². The molecule has 1 atom stereocenters. The van der Waals surface area contributed by atoms with Gasteiger partial charge >= 0.3 is 0 Å². The molecule has 1 aromatic heterocycles. The Labute approximate surface area is 201 Å². The zero-order valence-electron chi connectivity index (χ0n) is 19.2. The van der Waals surface area contributed by atoms with Crippen LogP contribution in [0.2, 0.25) is 0 Å². The van der Waals surface area contributed by atoms with Gasteiger partial charge in [-0.25, -0.2) is 13.8 Å². The van der Waals surface area contributed by atoms with Crippen molar-refractivity contribution in [2.45, 2.75) is 45.1 Å². The number of aromatic nitrogens is 1. The van der Waals surface area contributed by atoms with E-state index in [0.29, 0.717) is 10.8 Å². The number of piperidine rings is 1. The van der Waals surface area contributed by atoms with Crippen LogP contribution in [0.25, 0.3) is 11.3 Å². The van der Waals surface area contributed by atoms with Crippen molar-refractivity contribution in [2.75, 3.05) is 23.3 Å². The van der Waals surface area contributed by atoms with Crippen molar-refractivity contribution >= 4 is 33.3 Å². The zero-order chi connectivity index (χ0) is 24.3. The SMILES string of the molecule is CC(C)(NC(=O)C1C=CC(F)=CC1)C(=O)Nc1nc(-c2ccc(F)cc2)c(N2CCCCC2)s1. The lowest BCUT2D eigenvalue weighted by Crippen LogP contribution is -2.53. The van der Waals surface area contributed by atoms with Crippen LogP contribution < -0.4 is 15.5 Å². The van der Waals surface area contributed by atoms with E-state index in [2.05, 4.69) is 20.5 Å². The standard InChI is InChI=1S/C25H28F2N4O2S/c1-25(2,30-21(32)17-8-12-19(27)13-9-17)23(33)29-24-28-20(16-6-10-18(26)11-7-16)22(34-24)31-14-4-3-5-15-31/h6-8,10-13,17H,3-5,9,14-15H2,1-2H3,(H,30,32)(H,28,29,33). The number of halogens is 2. The number of benzene rings is 1. The van der Waals surface area contributed by atoms with E-state index in [1.807, 2.05) is 0 Å². The lowest BCUT2D eigenvalue weighted by atomic mass is 9.96. The van der Waals surface area contributed by atoms with Crippen LogP contribution in [0.4, 0.5) is 18.9 Å². The average Bonchev–Trinajstić information content (AvgIpc) is 3.24. The van der Waals surface area contributed by atoms with Crippen LogP contribution in [-0.2, 0) is 9.59 Å². The van der Waals surface area contributed by atoms with Gasteiger partial charge in [0.2, 0.25) is 5.91 Å². The number of hydrogen-bond acceptors (Lipinski definition) is 5. The van der Waals surface area contributed by atoms with E-state index in [1.54, 1.807) is 26.0 Å². The molecule has 0 bridgehead atoms. The lowest BCUT2D eigenvalue weighted by molar-refractivity contribution is -0.130. The minimum atomic E-state index is -1.21. The molecule has 2 aliphatic rings. The van der Waals surface area contributed by atoms with Gasteiger partial charge in [0.25, 0.3) is 5.91 Å².